The van der Waals surface area contributed by atoms with Gasteiger partial charge in [0.25, 0.3) is 5.91 Å². The highest BCUT2D eigenvalue weighted by molar-refractivity contribution is 5.97. The van der Waals surface area contributed by atoms with E-state index >= 15 is 0 Å². The maximum absolute atomic E-state index is 12.0. The third-order valence-electron chi connectivity index (χ3n) is 3.70. The van der Waals surface area contributed by atoms with Crippen LogP contribution in [-0.4, -0.2) is 35.7 Å². The number of benzene rings is 1. The summed E-state index contributed by atoms with van der Waals surface area (Å²) in [5.41, 5.74) is 1.58. The predicted molar refractivity (Wildman–Crippen MR) is 74.0 cm³/mol. The summed E-state index contributed by atoms with van der Waals surface area (Å²) in [4.78, 5) is 12.0. The Morgan fingerprint density at radius 3 is 3.26 bits per heavy atom. The number of carbonyl (C=O) groups excluding carboxylic acids is 1. The third-order valence-corrected chi connectivity index (χ3v) is 3.70. The Labute approximate surface area is 111 Å². The Balaban J connectivity index is 1.56. The Bertz CT molecular complexity index is 572. The molecule has 0 radical (unpaired) electrons. The molecule has 2 aromatic rings. The molecule has 19 heavy (non-hydrogen) atoms. The van der Waals surface area contributed by atoms with Gasteiger partial charge in [-0.3, -0.25) is 9.89 Å². The normalized spacial score (nSPS) is 18.8. The van der Waals surface area contributed by atoms with Crippen molar-refractivity contribution in [2.24, 2.45) is 5.92 Å². The van der Waals surface area contributed by atoms with Crippen LogP contribution in [0.5, 0.6) is 0 Å². The number of nitrogens with one attached hydrogen (secondary N) is 3. The summed E-state index contributed by atoms with van der Waals surface area (Å²) >= 11 is 0. The fourth-order valence-electron chi connectivity index (χ4n) is 2.53. The van der Waals surface area contributed by atoms with Crippen molar-refractivity contribution in [2.75, 3.05) is 19.6 Å². The molecule has 1 aliphatic heterocycles. The molecule has 1 aromatic carbocycles. The zero-order valence-corrected chi connectivity index (χ0v) is 10.8. The van der Waals surface area contributed by atoms with Gasteiger partial charge < -0.3 is 10.6 Å². The number of fused-ring (bicyclic) bond motifs is 1. The van der Waals surface area contributed by atoms with E-state index in [1.54, 1.807) is 6.20 Å². The second kappa shape index (κ2) is 5.40. The molecule has 0 spiro atoms. The third kappa shape index (κ3) is 2.76. The number of H-pyrrole nitrogens is 1. The van der Waals surface area contributed by atoms with Crippen LogP contribution in [0.25, 0.3) is 10.9 Å². The van der Waals surface area contributed by atoms with Crippen LogP contribution in [0.1, 0.15) is 23.2 Å². The van der Waals surface area contributed by atoms with Crippen molar-refractivity contribution in [3.8, 4) is 0 Å². The minimum atomic E-state index is -0.0116. The maximum Gasteiger partial charge on any atom is 0.251 e. The number of hydrogen-bond acceptors (Lipinski definition) is 3. The second-order valence-electron chi connectivity index (χ2n) is 5.08. The van der Waals surface area contributed by atoms with Crippen LogP contribution in [0.3, 0.4) is 0 Å². The zero-order valence-electron chi connectivity index (χ0n) is 10.8. The van der Waals surface area contributed by atoms with Gasteiger partial charge in [-0.25, -0.2) is 0 Å². The minimum Gasteiger partial charge on any atom is -0.352 e. The first-order valence-electron chi connectivity index (χ1n) is 6.75. The largest absolute Gasteiger partial charge is 0.352 e. The smallest absolute Gasteiger partial charge is 0.251 e. The molecule has 5 nitrogen and oxygen atoms in total. The van der Waals surface area contributed by atoms with E-state index in [0.717, 1.165) is 37.0 Å². The highest BCUT2D eigenvalue weighted by atomic mass is 16.1. The van der Waals surface area contributed by atoms with Crippen LogP contribution >= 0.6 is 0 Å². The number of nitrogens with zero attached hydrogens (tertiary/aromatic N) is 1. The summed E-state index contributed by atoms with van der Waals surface area (Å²) in [6, 6.07) is 5.59. The fraction of sp³-hybridized carbons (Fsp3) is 0.429. The summed E-state index contributed by atoms with van der Waals surface area (Å²) in [6.45, 7) is 2.93. The van der Waals surface area contributed by atoms with E-state index in [9.17, 15) is 4.79 Å². The number of carbonyl (C=O) groups is 1. The highest BCUT2D eigenvalue weighted by Crippen LogP contribution is 2.13. The average molecular weight is 258 g/mol. The van der Waals surface area contributed by atoms with E-state index in [0.29, 0.717) is 11.5 Å². The molecule has 3 rings (SSSR count). The van der Waals surface area contributed by atoms with Gasteiger partial charge in [-0.1, -0.05) is 6.07 Å². The van der Waals surface area contributed by atoms with Crippen molar-refractivity contribution in [3.63, 3.8) is 0 Å². The monoisotopic (exact) mass is 258 g/mol. The van der Waals surface area contributed by atoms with E-state index < -0.39 is 0 Å². The van der Waals surface area contributed by atoms with Crippen LogP contribution in [0.2, 0.25) is 0 Å². The molecule has 2 heterocycles. The molecule has 1 atom stereocenters. The van der Waals surface area contributed by atoms with Crippen LogP contribution < -0.4 is 10.6 Å². The first-order valence-corrected chi connectivity index (χ1v) is 6.75. The lowest BCUT2D eigenvalue weighted by molar-refractivity contribution is 0.0952. The summed E-state index contributed by atoms with van der Waals surface area (Å²) in [7, 11) is 0. The molecular formula is C14H18N4O. The second-order valence-corrected chi connectivity index (χ2v) is 5.08. The van der Waals surface area contributed by atoms with Crippen LogP contribution in [0.4, 0.5) is 0 Å². The molecular weight excluding hydrogens is 240 g/mol. The Kier molecular flexibility index (Phi) is 3.46. The first kappa shape index (κ1) is 12.2. The molecule has 100 valence electrons. The standard InChI is InChI=1S/C14H18N4O/c19-14(16-6-4-10-3-5-15-8-10)11-1-2-12-9-17-18-13(12)7-11/h1-2,7,9-10,15H,3-6,8H2,(H,16,19)(H,17,18). The number of amides is 1. The summed E-state index contributed by atoms with van der Waals surface area (Å²) < 4.78 is 0. The topological polar surface area (TPSA) is 69.8 Å². The number of aromatic nitrogens is 2. The molecule has 1 unspecified atom stereocenters. The van der Waals surface area contributed by atoms with E-state index in [-0.39, 0.29) is 5.91 Å². The lowest BCUT2D eigenvalue weighted by Crippen LogP contribution is -2.26. The van der Waals surface area contributed by atoms with Gasteiger partial charge in [-0.05, 0) is 44.0 Å². The Morgan fingerprint density at radius 1 is 1.47 bits per heavy atom. The summed E-state index contributed by atoms with van der Waals surface area (Å²) in [5, 5.41) is 14.2. The van der Waals surface area contributed by atoms with Crippen molar-refractivity contribution < 1.29 is 4.79 Å². The van der Waals surface area contributed by atoms with Crippen molar-refractivity contribution >= 4 is 16.8 Å². The van der Waals surface area contributed by atoms with Gasteiger partial charge in [0.2, 0.25) is 0 Å². The highest BCUT2D eigenvalue weighted by Gasteiger charge is 2.14. The SMILES string of the molecule is O=C(NCCC1CCNC1)c1ccc2cn[nH]c2c1. The molecule has 5 heteroatoms. The van der Waals surface area contributed by atoms with Crippen LogP contribution in [0, 0.1) is 5.92 Å². The molecule has 0 bridgehead atoms. The van der Waals surface area contributed by atoms with E-state index in [1.807, 2.05) is 18.2 Å². The number of rotatable bonds is 4. The van der Waals surface area contributed by atoms with Crippen molar-refractivity contribution in [2.45, 2.75) is 12.8 Å². The summed E-state index contributed by atoms with van der Waals surface area (Å²) in [6.07, 6.45) is 4.02. The molecule has 0 saturated carbocycles. The van der Waals surface area contributed by atoms with Crippen LogP contribution in [0.15, 0.2) is 24.4 Å². The van der Waals surface area contributed by atoms with Gasteiger partial charge in [-0.2, -0.15) is 5.10 Å². The average Bonchev–Trinajstić information content (AvgIpc) is 3.08. The van der Waals surface area contributed by atoms with Gasteiger partial charge in [0.15, 0.2) is 0 Å². The Morgan fingerprint density at radius 2 is 2.42 bits per heavy atom. The first-order chi connectivity index (χ1) is 9.33. The van der Waals surface area contributed by atoms with Crippen molar-refractivity contribution in [3.05, 3.63) is 30.0 Å². The Hall–Kier alpha value is -1.88. The molecule has 1 fully saturated rings. The van der Waals surface area contributed by atoms with E-state index in [1.165, 1.54) is 6.42 Å². The van der Waals surface area contributed by atoms with Gasteiger partial charge in [0.05, 0.1) is 11.7 Å². The minimum absolute atomic E-state index is 0.0116. The number of aromatic amines is 1. The van der Waals surface area contributed by atoms with Gasteiger partial charge in [0, 0.05) is 17.5 Å². The molecule has 1 aromatic heterocycles. The van der Waals surface area contributed by atoms with E-state index in [4.69, 9.17) is 0 Å². The van der Waals surface area contributed by atoms with Crippen LogP contribution in [-0.2, 0) is 0 Å². The van der Waals surface area contributed by atoms with Crippen molar-refractivity contribution in [1.82, 2.24) is 20.8 Å². The number of hydrogen-bond donors (Lipinski definition) is 3. The maximum atomic E-state index is 12.0. The fourth-order valence-corrected chi connectivity index (χ4v) is 2.53. The van der Waals surface area contributed by atoms with Crippen molar-refractivity contribution in [1.29, 1.82) is 0 Å². The predicted octanol–water partition coefficient (Wildman–Crippen LogP) is 1.29. The van der Waals surface area contributed by atoms with E-state index in [2.05, 4.69) is 20.8 Å². The summed E-state index contributed by atoms with van der Waals surface area (Å²) in [5.74, 6) is 0.692. The molecule has 1 aliphatic rings. The quantitative estimate of drug-likeness (QED) is 0.774. The van der Waals surface area contributed by atoms with Gasteiger partial charge in [-0.15, -0.1) is 0 Å². The molecule has 3 N–H and O–H groups in total. The van der Waals surface area contributed by atoms with Gasteiger partial charge in [0.1, 0.15) is 0 Å². The lowest BCUT2D eigenvalue weighted by Gasteiger charge is -2.09. The molecule has 0 aliphatic carbocycles. The molecule has 1 amide bonds. The zero-order chi connectivity index (χ0) is 13.1. The van der Waals surface area contributed by atoms with Gasteiger partial charge >= 0.3 is 0 Å². The lowest BCUT2D eigenvalue weighted by atomic mass is 10.1. The molecule has 1 saturated heterocycles.